The summed E-state index contributed by atoms with van der Waals surface area (Å²) < 4.78 is 0. The van der Waals surface area contributed by atoms with E-state index in [4.69, 9.17) is 0 Å². The third kappa shape index (κ3) is 9.12. The van der Waals surface area contributed by atoms with Crippen molar-refractivity contribution >= 4 is 0 Å². The molecule has 5 heterocycles. The maximum atomic E-state index is 2.93. The highest BCUT2D eigenvalue weighted by atomic mass is 15.1. The van der Waals surface area contributed by atoms with E-state index >= 15 is 0 Å². The van der Waals surface area contributed by atoms with Crippen LogP contribution in [0.2, 0.25) is 0 Å². The number of hydrogen-bond donors (Lipinski definition) is 0. The average Bonchev–Trinajstić information content (AvgIpc) is 2.85. The molecule has 5 rings (SSSR count). The van der Waals surface area contributed by atoms with Crippen LogP contribution in [0.4, 0.5) is 0 Å². The second-order valence-electron chi connectivity index (χ2n) is 12.3. The molecular weight excluding hydrogens is 412 g/mol. The Balaban J connectivity index is 1.47. The van der Waals surface area contributed by atoms with Crippen LogP contribution in [0.15, 0.2) is 24.3 Å². The smallest absolute Gasteiger partial charge is 0.00127 e. The Bertz CT molecular complexity index is 582. The molecule has 0 radical (unpaired) electrons. The fourth-order valence-corrected chi connectivity index (χ4v) is 7.69. The zero-order chi connectivity index (χ0) is 23.3. The normalized spacial score (nSPS) is 37.9. The van der Waals surface area contributed by atoms with Crippen molar-refractivity contribution in [2.24, 2.45) is 23.7 Å². The summed E-state index contributed by atoms with van der Waals surface area (Å²) in [5.41, 5.74) is 0. The molecule has 2 fully saturated rings. The minimum atomic E-state index is 0.957. The Morgan fingerprint density at radius 2 is 1.03 bits per heavy atom. The lowest BCUT2D eigenvalue weighted by Crippen LogP contribution is -2.49. The van der Waals surface area contributed by atoms with Crippen molar-refractivity contribution in [1.82, 2.24) is 9.80 Å². The van der Waals surface area contributed by atoms with E-state index in [0.29, 0.717) is 0 Å². The molecule has 0 aliphatic carbocycles. The highest BCUT2D eigenvalue weighted by Crippen LogP contribution is 2.40. The van der Waals surface area contributed by atoms with E-state index in [-0.39, 0.29) is 0 Å². The van der Waals surface area contributed by atoms with Crippen LogP contribution < -0.4 is 0 Å². The monoisotopic (exact) mass is 468 g/mol. The lowest BCUT2D eigenvalue weighted by Gasteiger charge is -2.47. The van der Waals surface area contributed by atoms with E-state index in [1.54, 1.807) is 0 Å². The van der Waals surface area contributed by atoms with Gasteiger partial charge in [0.05, 0.1) is 0 Å². The Labute approximate surface area is 212 Å². The molecule has 6 atom stereocenters. The third-order valence-corrected chi connectivity index (χ3v) is 9.58. The molecule has 0 aromatic rings. The van der Waals surface area contributed by atoms with Crippen LogP contribution in [0.1, 0.15) is 116 Å². The van der Waals surface area contributed by atoms with Gasteiger partial charge in [0.25, 0.3) is 0 Å². The molecular formula is C32H56N2. The molecule has 2 nitrogen and oxygen atoms in total. The maximum Gasteiger partial charge on any atom is 0.00127 e. The Morgan fingerprint density at radius 3 is 1.79 bits per heavy atom. The van der Waals surface area contributed by atoms with Crippen LogP contribution in [-0.4, -0.2) is 49.1 Å². The molecule has 0 amide bonds. The number of allylic oxidation sites excluding steroid dienone is 4. The topological polar surface area (TPSA) is 6.48 Å². The molecule has 0 N–H and O–H groups in total. The predicted molar refractivity (Wildman–Crippen MR) is 148 cm³/mol. The Kier molecular flexibility index (Phi) is 12.1. The van der Waals surface area contributed by atoms with Crippen molar-refractivity contribution in [3.8, 4) is 0 Å². The van der Waals surface area contributed by atoms with Gasteiger partial charge in [0.15, 0.2) is 0 Å². The molecule has 34 heavy (non-hydrogen) atoms. The molecule has 0 saturated carbocycles. The van der Waals surface area contributed by atoms with Gasteiger partial charge in [-0.15, -0.1) is 0 Å². The van der Waals surface area contributed by atoms with Gasteiger partial charge in [0.1, 0.15) is 0 Å². The number of hydrogen-bond acceptors (Lipinski definition) is 2. The minimum Gasteiger partial charge on any atom is -0.303 e. The van der Waals surface area contributed by atoms with E-state index in [1.807, 2.05) is 0 Å². The molecule has 0 aromatic heterocycles. The zero-order valence-electron chi connectivity index (χ0n) is 22.5. The van der Waals surface area contributed by atoms with Crippen molar-refractivity contribution < 1.29 is 0 Å². The van der Waals surface area contributed by atoms with Gasteiger partial charge < -0.3 is 9.80 Å². The Hall–Kier alpha value is -0.600. The van der Waals surface area contributed by atoms with E-state index in [1.165, 1.54) is 155 Å². The molecule has 6 unspecified atom stereocenters. The van der Waals surface area contributed by atoms with Crippen molar-refractivity contribution in [1.29, 1.82) is 0 Å². The highest BCUT2D eigenvalue weighted by molar-refractivity contribution is 4.91. The van der Waals surface area contributed by atoms with Crippen molar-refractivity contribution in [3.05, 3.63) is 24.3 Å². The summed E-state index contributed by atoms with van der Waals surface area (Å²) in [6.45, 7) is 8.30. The summed E-state index contributed by atoms with van der Waals surface area (Å²) in [4.78, 5) is 5.80. The summed E-state index contributed by atoms with van der Waals surface area (Å²) in [6.07, 6.45) is 35.4. The molecule has 6 bridgehead atoms. The zero-order valence-corrected chi connectivity index (χ0v) is 22.5. The van der Waals surface area contributed by atoms with Gasteiger partial charge >= 0.3 is 0 Å². The standard InChI is InChI=1S/C32H56N2/c1-2-5-10-14-18-23-34-26-29-19-15-11-7-4-6-9-13-17-22-33-24-21-32(31(25-29)28-34)30(27-33)20-16-12-8-3-1/h2,4-6,29-32H,1,3,7-28H2. The van der Waals surface area contributed by atoms with Crippen LogP contribution in [0.25, 0.3) is 0 Å². The maximum absolute atomic E-state index is 2.93. The van der Waals surface area contributed by atoms with Crippen molar-refractivity contribution in [2.45, 2.75) is 116 Å². The van der Waals surface area contributed by atoms with E-state index in [2.05, 4.69) is 34.1 Å². The number of piperidine rings is 2. The third-order valence-electron chi connectivity index (χ3n) is 9.58. The molecule has 0 aromatic carbocycles. The van der Waals surface area contributed by atoms with Gasteiger partial charge in [-0.05, 0) is 133 Å². The second-order valence-corrected chi connectivity index (χ2v) is 12.3. The van der Waals surface area contributed by atoms with Gasteiger partial charge in [-0.1, -0.05) is 50.0 Å². The highest BCUT2D eigenvalue weighted by Gasteiger charge is 2.38. The Morgan fingerprint density at radius 1 is 0.441 bits per heavy atom. The molecule has 2 heteroatoms. The molecule has 194 valence electrons. The first-order chi connectivity index (χ1) is 16.9. The summed E-state index contributed by atoms with van der Waals surface area (Å²) in [6, 6.07) is 0. The van der Waals surface area contributed by atoms with E-state index in [0.717, 1.165) is 23.7 Å². The largest absolute Gasteiger partial charge is 0.303 e. The van der Waals surface area contributed by atoms with Crippen LogP contribution in [-0.2, 0) is 0 Å². The summed E-state index contributed by atoms with van der Waals surface area (Å²) in [5.74, 6) is 3.89. The summed E-state index contributed by atoms with van der Waals surface area (Å²) in [5, 5.41) is 0. The predicted octanol–water partition coefficient (Wildman–Crippen LogP) is 8.24. The fraction of sp³-hybridized carbons (Fsp3) is 0.875. The molecule has 5 aliphatic heterocycles. The second kappa shape index (κ2) is 15.5. The molecule has 0 spiro atoms. The van der Waals surface area contributed by atoms with Gasteiger partial charge in [-0.25, -0.2) is 0 Å². The van der Waals surface area contributed by atoms with E-state index < -0.39 is 0 Å². The first-order valence-corrected chi connectivity index (χ1v) is 15.6. The lowest BCUT2D eigenvalue weighted by atomic mass is 9.69. The SMILES string of the molecule is C1=CCCCCN2CC3CCCCC=CCCCCN4CCC(C(CCCCCC1)C4)C(C3)C2. The first kappa shape index (κ1) is 26.5. The van der Waals surface area contributed by atoms with Crippen LogP contribution in [0.3, 0.4) is 0 Å². The van der Waals surface area contributed by atoms with Crippen LogP contribution in [0.5, 0.6) is 0 Å². The summed E-state index contributed by atoms with van der Waals surface area (Å²) >= 11 is 0. The number of fused-ring (bicyclic) bond motifs is 10. The molecule has 2 saturated heterocycles. The number of nitrogens with zero attached hydrogens (tertiary/aromatic N) is 2. The lowest BCUT2D eigenvalue weighted by molar-refractivity contribution is 0.0185. The van der Waals surface area contributed by atoms with E-state index in [9.17, 15) is 0 Å². The summed E-state index contributed by atoms with van der Waals surface area (Å²) in [7, 11) is 0. The van der Waals surface area contributed by atoms with Crippen molar-refractivity contribution in [2.75, 3.05) is 39.3 Å². The van der Waals surface area contributed by atoms with Gasteiger partial charge in [-0.3, -0.25) is 0 Å². The molecule has 5 aliphatic rings. The number of rotatable bonds is 0. The van der Waals surface area contributed by atoms with Gasteiger partial charge in [0.2, 0.25) is 0 Å². The minimum absolute atomic E-state index is 0.957. The van der Waals surface area contributed by atoms with Gasteiger partial charge in [0, 0.05) is 19.6 Å². The van der Waals surface area contributed by atoms with Gasteiger partial charge in [-0.2, -0.15) is 0 Å². The first-order valence-electron chi connectivity index (χ1n) is 15.6. The quantitative estimate of drug-likeness (QED) is 0.330. The van der Waals surface area contributed by atoms with Crippen molar-refractivity contribution in [3.63, 3.8) is 0 Å². The van der Waals surface area contributed by atoms with Crippen LogP contribution >= 0.6 is 0 Å². The fourth-order valence-electron chi connectivity index (χ4n) is 7.69. The van der Waals surface area contributed by atoms with Crippen LogP contribution in [0, 0.1) is 23.7 Å². The average molecular weight is 469 g/mol.